The van der Waals surface area contributed by atoms with Crippen molar-refractivity contribution < 1.29 is 17.9 Å². The number of hydrogen-bond acceptors (Lipinski definition) is 5. The Hall–Kier alpha value is -1.41. The Balaban J connectivity index is 1.97. The average molecular weight is 301 g/mol. The van der Waals surface area contributed by atoms with E-state index >= 15 is 0 Å². The summed E-state index contributed by atoms with van der Waals surface area (Å²) in [6, 6.07) is 0. The Morgan fingerprint density at radius 1 is 1.55 bits per heavy atom. The number of aromatic nitrogens is 2. The van der Waals surface area contributed by atoms with Crippen LogP contribution in [0.2, 0.25) is 0 Å². The minimum absolute atomic E-state index is 0.0680. The van der Waals surface area contributed by atoms with Crippen molar-refractivity contribution in [1.82, 2.24) is 14.9 Å². The van der Waals surface area contributed by atoms with Gasteiger partial charge in [0.1, 0.15) is 5.56 Å². The van der Waals surface area contributed by atoms with Crippen LogP contribution in [0.3, 0.4) is 0 Å². The number of hydrogen-bond donors (Lipinski definition) is 2. The van der Waals surface area contributed by atoms with Crippen LogP contribution in [0, 0.1) is 5.92 Å². The van der Waals surface area contributed by atoms with Crippen molar-refractivity contribution in [2.75, 3.05) is 13.2 Å². The summed E-state index contributed by atoms with van der Waals surface area (Å²) in [5, 5.41) is 5.73. The van der Waals surface area contributed by atoms with E-state index in [4.69, 9.17) is 4.74 Å². The molecule has 0 saturated heterocycles. The number of H-pyrrole nitrogens is 1. The van der Waals surface area contributed by atoms with Gasteiger partial charge in [0.05, 0.1) is 12.8 Å². The quantitative estimate of drug-likeness (QED) is 0.552. The maximum atomic E-state index is 12.1. The lowest BCUT2D eigenvalue weighted by Gasteiger charge is -2.06. The van der Waals surface area contributed by atoms with Gasteiger partial charge in [-0.05, 0) is 25.7 Å². The first kappa shape index (κ1) is 15.0. The standard InChI is InChI=1S/C12H19N3O4S/c1-2-19-12(16)10-8-13-15-11(10)20(17,18)14-7-3-4-9-5-6-9/h8-9,14H,2-7H2,1H3,(H,13,15). The Bertz CT molecular complexity index is 563. The molecule has 0 amide bonds. The summed E-state index contributed by atoms with van der Waals surface area (Å²) in [5.41, 5.74) is -0.0680. The van der Waals surface area contributed by atoms with Crippen LogP contribution in [0.4, 0.5) is 0 Å². The van der Waals surface area contributed by atoms with Crippen molar-refractivity contribution in [3.8, 4) is 0 Å². The Morgan fingerprint density at radius 2 is 2.30 bits per heavy atom. The molecule has 1 heterocycles. The molecule has 2 N–H and O–H groups in total. The zero-order chi connectivity index (χ0) is 14.6. The number of ether oxygens (including phenoxy) is 1. The molecule has 0 unspecified atom stereocenters. The molecule has 8 heteroatoms. The molecule has 0 atom stereocenters. The van der Waals surface area contributed by atoms with Crippen LogP contribution in [0.1, 0.15) is 43.0 Å². The molecule has 1 saturated carbocycles. The Labute approximate surface area is 118 Å². The molecule has 0 radical (unpaired) electrons. The van der Waals surface area contributed by atoms with Gasteiger partial charge in [-0.3, -0.25) is 5.10 Å². The molecule has 20 heavy (non-hydrogen) atoms. The predicted molar refractivity (Wildman–Crippen MR) is 71.7 cm³/mol. The summed E-state index contributed by atoms with van der Waals surface area (Å²) < 4.78 is 31.5. The molecule has 1 aliphatic carbocycles. The SMILES string of the molecule is CCOC(=O)c1cn[nH]c1S(=O)(=O)NCCCC1CC1. The number of carbonyl (C=O) groups is 1. The maximum absolute atomic E-state index is 12.1. The van der Waals surface area contributed by atoms with Gasteiger partial charge >= 0.3 is 5.97 Å². The van der Waals surface area contributed by atoms with Crippen molar-refractivity contribution in [3.63, 3.8) is 0 Å². The van der Waals surface area contributed by atoms with Crippen LogP contribution in [-0.4, -0.2) is 37.7 Å². The number of nitrogens with zero attached hydrogens (tertiary/aromatic N) is 1. The second-order valence-corrected chi connectivity index (χ2v) is 6.52. The van der Waals surface area contributed by atoms with Crippen molar-refractivity contribution in [2.24, 2.45) is 5.92 Å². The zero-order valence-electron chi connectivity index (χ0n) is 11.4. The van der Waals surface area contributed by atoms with Gasteiger partial charge < -0.3 is 4.74 Å². The van der Waals surface area contributed by atoms with E-state index in [0.717, 1.165) is 25.0 Å². The number of carbonyl (C=O) groups excluding carboxylic acids is 1. The minimum atomic E-state index is -3.76. The lowest BCUT2D eigenvalue weighted by Crippen LogP contribution is -2.27. The van der Waals surface area contributed by atoms with Gasteiger partial charge in [0, 0.05) is 6.54 Å². The topological polar surface area (TPSA) is 101 Å². The first-order chi connectivity index (χ1) is 9.54. The smallest absolute Gasteiger partial charge is 0.342 e. The van der Waals surface area contributed by atoms with E-state index in [9.17, 15) is 13.2 Å². The highest BCUT2D eigenvalue weighted by Crippen LogP contribution is 2.33. The van der Waals surface area contributed by atoms with Crippen LogP contribution in [0.15, 0.2) is 11.2 Å². The van der Waals surface area contributed by atoms with Gasteiger partial charge in [-0.25, -0.2) is 17.9 Å². The fourth-order valence-electron chi connectivity index (χ4n) is 1.91. The third-order valence-electron chi connectivity index (χ3n) is 3.15. The number of sulfonamides is 1. The Morgan fingerprint density at radius 3 is 2.95 bits per heavy atom. The van der Waals surface area contributed by atoms with Gasteiger partial charge in [-0.2, -0.15) is 5.10 Å². The van der Waals surface area contributed by atoms with E-state index in [0.29, 0.717) is 6.54 Å². The second-order valence-electron chi connectivity index (χ2n) is 4.82. The van der Waals surface area contributed by atoms with E-state index in [-0.39, 0.29) is 17.2 Å². The summed E-state index contributed by atoms with van der Waals surface area (Å²) in [6.07, 6.45) is 5.50. The predicted octanol–water partition coefficient (Wildman–Crippen LogP) is 1.05. The van der Waals surface area contributed by atoms with Crippen molar-refractivity contribution in [1.29, 1.82) is 0 Å². The van der Waals surface area contributed by atoms with E-state index in [1.165, 1.54) is 12.8 Å². The van der Waals surface area contributed by atoms with E-state index in [2.05, 4.69) is 14.9 Å². The van der Waals surface area contributed by atoms with Crippen LogP contribution < -0.4 is 4.72 Å². The first-order valence-electron chi connectivity index (χ1n) is 6.74. The van der Waals surface area contributed by atoms with Crippen LogP contribution in [0.25, 0.3) is 0 Å². The minimum Gasteiger partial charge on any atom is -0.462 e. The van der Waals surface area contributed by atoms with Crippen LogP contribution in [-0.2, 0) is 14.8 Å². The van der Waals surface area contributed by atoms with Crippen LogP contribution in [0.5, 0.6) is 0 Å². The number of rotatable bonds is 8. The molecule has 1 aromatic heterocycles. The number of nitrogens with one attached hydrogen (secondary N) is 2. The largest absolute Gasteiger partial charge is 0.462 e. The van der Waals surface area contributed by atoms with E-state index in [1.54, 1.807) is 6.92 Å². The highest BCUT2D eigenvalue weighted by atomic mass is 32.2. The third kappa shape index (κ3) is 3.80. The summed E-state index contributed by atoms with van der Waals surface area (Å²) >= 11 is 0. The monoisotopic (exact) mass is 301 g/mol. The molecular weight excluding hydrogens is 282 g/mol. The fraction of sp³-hybridized carbons (Fsp3) is 0.667. The van der Waals surface area contributed by atoms with Crippen molar-refractivity contribution in [3.05, 3.63) is 11.8 Å². The third-order valence-corrected chi connectivity index (χ3v) is 4.58. The Kier molecular flexibility index (Phi) is 4.77. The second kappa shape index (κ2) is 6.36. The molecular formula is C12H19N3O4S. The van der Waals surface area contributed by atoms with Crippen molar-refractivity contribution >= 4 is 16.0 Å². The molecule has 7 nitrogen and oxygen atoms in total. The molecule has 0 spiro atoms. The molecule has 0 aromatic carbocycles. The van der Waals surface area contributed by atoms with Gasteiger partial charge in [0.15, 0.2) is 5.03 Å². The summed E-state index contributed by atoms with van der Waals surface area (Å²) in [5.74, 6) is 0.0707. The van der Waals surface area contributed by atoms with E-state index in [1.807, 2.05) is 0 Å². The molecule has 1 aromatic rings. The molecule has 0 bridgehead atoms. The van der Waals surface area contributed by atoms with Gasteiger partial charge in [-0.1, -0.05) is 12.8 Å². The van der Waals surface area contributed by atoms with Gasteiger partial charge in [-0.15, -0.1) is 0 Å². The molecule has 1 aliphatic rings. The lowest BCUT2D eigenvalue weighted by molar-refractivity contribution is 0.0522. The molecule has 1 fully saturated rings. The zero-order valence-corrected chi connectivity index (χ0v) is 12.2. The molecule has 2 rings (SSSR count). The average Bonchev–Trinajstić information content (AvgIpc) is 3.07. The van der Waals surface area contributed by atoms with Crippen LogP contribution >= 0.6 is 0 Å². The van der Waals surface area contributed by atoms with E-state index < -0.39 is 16.0 Å². The number of esters is 1. The van der Waals surface area contributed by atoms with Crippen molar-refractivity contribution in [2.45, 2.75) is 37.6 Å². The number of aromatic amines is 1. The first-order valence-corrected chi connectivity index (χ1v) is 8.23. The van der Waals surface area contributed by atoms with Gasteiger partial charge in [0.2, 0.25) is 0 Å². The highest BCUT2D eigenvalue weighted by molar-refractivity contribution is 7.89. The summed E-state index contributed by atoms with van der Waals surface area (Å²) in [7, 11) is -3.76. The lowest BCUT2D eigenvalue weighted by atomic mass is 10.2. The summed E-state index contributed by atoms with van der Waals surface area (Å²) in [6.45, 7) is 2.20. The maximum Gasteiger partial charge on any atom is 0.342 e. The fourth-order valence-corrected chi connectivity index (χ4v) is 3.07. The molecule has 112 valence electrons. The molecule has 0 aliphatic heterocycles. The summed E-state index contributed by atoms with van der Waals surface area (Å²) in [4.78, 5) is 11.6. The normalized spacial score (nSPS) is 15.2. The van der Waals surface area contributed by atoms with Gasteiger partial charge in [0.25, 0.3) is 10.0 Å². The highest BCUT2D eigenvalue weighted by Gasteiger charge is 2.26.